The van der Waals surface area contributed by atoms with E-state index in [1.807, 2.05) is 58.0 Å². The van der Waals surface area contributed by atoms with Crippen molar-refractivity contribution in [2.75, 3.05) is 19.6 Å². The Morgan fingerprint density at radius 3 is 2.27 bits per heavy atom. The molecule has 0 spiro atoms. The molecule has 1 aromatic carbocycles. The summed E-state index contributed by atoms with van der Waals surface area (Å²) in [5.74, 6) is -0.854. The van der Waals surface area contributed by atoms with Gasteiger partial charge in [-0.15, -0.1) is 0 Å². The monoisotopic (exact) mass is 418 g/mol. The summed E-state index contributed by atoms with van der Waals surface area (Å²) < 4.78 is 10.7. The number of amides is 2. The van der Waals surface area contributed by atoms with Gasteiger partial charge >= 0.3 is 12.1 Å². The minimum Gasteiger partial charge on any atom is -0.452 e. The van der Waals surface area contributed by atoms with Crippen molar-refractivity contribution in [2.45, 2.75) is 65.1 Å². The number of hydrogen-bond acceptors (Lipinski definition) is 5. The second kappa shape index (κ2) is 10.5. The predicted octanol–water partition coefficient (Wildman–Crippen LogP) is 3.49. The highest BCUT2D eigenvalue weighted by atomic mass is 16.6. The molecule has 1 heterocycles. The number of benzene rings is 1. The van der Waals surface area contributed by atoms with Crippen LogP contribution in [0.1, 0.15) is 58.9 Å². The van der Waals surface area contributed by atoms with Crippen LogP contribution in [0.15, 0.2) is 30.3 Å². The lowest BCUT2D eigenvalue weighted by Crippen LogP contribution is -2.44. The van der Waals surface area contributed by atoms with Crippen LogP contribution in [0.4, 0.5) is 4.79 Å². The highest BCUT2D eigenvalue weighted by Gasteiger charge is 2.32. The molecule has 0 bridgehead atoms. The minimum absolute atomic E-state index is 0.162. The van der Waals surface area contributed by atoms with E-state index >= 15 is 0 Å². The first-order valence-corrected chi connectivity index (χ1v) is 10.6. The Hall–Kier alpha value is -2.57. The van der Waals surface area contributed by atoms with Gasteiger partial charge in [0.1, 0.15) is 5.60 Å². The lowest BCUT2D eigenvalue weighted by molar-refractivity contribution is -0.160. The highest BCUT2D eigenvalue weighted by molar-refractivity contribution is 5.84. The van der Waals surface area contributed by atoms with Gasteiger partial charge in [-0.1, -0.05) is 37.3 Å². The lowest BCUT2D eigenvalue weighted by atomic mass is 9.97. The van der Waals surface area contributed by atoms with E-state index in [2.05, 4.69) is 5.32 Å². The van der Waals surface area contributed by atoms with E-state index in [1.165, 1.54) is 0 Å². The Labute approximate surface area is 179 Å². The number of rotatable bonds is 6. The molecule has 0 saturated carbocycles. The van der Waals surface area contributed by atoms with E-state index in [9.17, 15) is 14.4 Å². The minimum atomic E-state index is -0.857. The normalized spacial score (nSPS) is 17.0. The van der Waals surface area contributed by atoms with Crippen molar-refractivity contribution in [3.05, 3.63) is 35.9 Å². The maximum absolute atomic E-state index is 12.4. The second-order valence-electron chi connectivity index (χ2n) is 8.88. The molecule has 0 unspecified atom stereocenters. The number of carbonyl (C=O) groups excluding carboxylic acids is 3. The number of nitrogens with zero attached hydrogens (tertiary/aromatic N) is 1. The first-order chi connectivity index (χ1) is 14.1. The van der Waals surface area contributed by atoms with Crippen LogP contribution in [0.2, 0.25) is 0 Å². The van der Waals surface area contributed by atoms with Crippen LogP contribution in [0.3, 0.4) is 0 Å². The number of piperidine rings is 1. The van der Waals surface area contributed by atoms with Gasteiger partial charge in [0.15, 0.2) is 6.10 Å². The summed E-state index contributed by atoms with van der Waals surface area (Å²) in [7, 11) is 0. The molecule has 1 saturated heterocycles. The second-order valence-corrected chi connectivity index (χ2v) is 8.88. The summed E-state index contributed by atoms with van der Waals surface area (Å²) in [5, 5.41) is 2.85. The van der Waals surface area contributed by atoms with E-state index in [0.29, 0.717) is 32.5 Å². The molecule has 166 valence electrons. The molecule has 2 amide bonds. The summed E-state index contributed by atoms with van der Waals surface area (Å²) >= 11 is 0. The summed E-state index contributed by atoms with van der Waals surface area (Å²) in [6.07, 6.45) is -0.228. The van der Waals surface area contributed by atoms with Crippen molar-refractivity contribution in [2.24, 2.45) is 5.92 Å². The van der Waals surface area contributed by atoms with Gasteiger partial charge in [0.05, 0.1) is 5.92 Å². The van der Waals surface area contributed by atoms with Gasteiger partial charge in [-0.2, -0.15) is 0 Å². The SMILES string of the molecule is C[C@H](OC(=O)C1CCN(C(=O)OC(C)(C)C)CC1)C(=O)NC[C@H](C)c1ccccc1. The number of nitrogens with one attached hydrogen (secondary N) is 1. The number of carbonyl (C=O) groups is 3. The predicted molar refractivity (Wildman–Crippen MR) is 114 cm³/mol. The molecule has 30 heavy (non-hydrogen) atoms. The van der Waals surface area contributed by atoms with Gasteiger partial charge in [0.25, 0.3) is 5.91 Å². The number of likely N-dealkylation sites (tertiary alicyclic amines) is 1. The van der Waals surface area contributed by atoms with Crippen LogP contribution >= 0.6 is 0 Å². The average Bonchev–Trinajstić information content (AvgIpc) is 2.71. The van der Waals surface area contributed by atoms with Crippen molar-refractivity contribution >= 4 is 18.0 Å². The molecule has 7 nitrogen and oxygen atoms in total. The van der Waals surface area contributed by atoms with Crippen LogP contribution in [0, 0.1) is 5.92 Å². The summed E-state index contributed by atoms with van der Waals surface area (Å²) in [4.78, 5) is 38.5. The van der Waals surface area contributed by atoms with Gasteiger partial charge in [-0.3, -0.25) is 9.59 Å². The van der Waals surface area contributed by atoms with Crippen LogP contribution in [-0.4, -0.2) is 54.2 Å². The molecule has 0 radical (unpaired) electrons. The van der Waals surface area contributed by atoms with Crippen LogP contribution < -0.4 is 5.32 Å². The van der Waals surface area contributed by atoms with Gasteiger partial charge in [0, 0.05) is 19.6 Å². The maximum Gasteiger partial charge on any atom is 0.410 e. The highest BCUT2D eigenvalue weighted by Crippen LogP contribution is 2.21. The van der Waals surface area contributed by atoms with Crippen LogP contribution in [-0.2, 0) is 19.1 Å². The average molecular weight is 419 g/mol. The summed E-state index contributed by atoms with van der Waals surface area (Å²) in [5.41, 5.74) is 0.590. The van der Waals surface area contributed by atoms with E-state index < -0.39 is 17.7 Å². The van der Waals surface area contributed by atoms with Gasteiger partial charge in [-0.05, 0) is 52.0 Å². The molecule has 7 heteroatoms. The third kappa shape index (κ3) is 7.35. The maximum atomic E-state index is 12.4. The van der Waals surface area contributed by atoms with Crippen LogP contribution in [0.25, 0.3) is 0 Å². The fourth-order valence-electron chi connectivity index (χ4n) is 3.25. The molecule has 1 N–H and O–H groups in total. The number of hydrogen-bond donors (Lipinski definition) is 1. The zero-order valence-electron chi connectivity index (χ0n) is 18.6. The first kappa shape index (κ1) is 23.7. The topological polar surface area (TPSA) is 84.9 Å². The molecular weight excluding hydrogens is 384 g/mol. The zero-order valence-corrected chi connectivity index (χ0v) is 18.6. The molecule has 2 rings (SSSR count). The quantitative estimate of drug-likeness (QED) is 0.715. The van der Waals surface area contributed by atoms with Crippen LogP contribution in [0.5, 0.6) is 0 Å². The van der Waals surface area contributed by atoms with Crippen molar-refractivity contribution in [1.29, 1.82) is 0 Å². The molecule has 2 atom stereocenters. The van der Waals surface area contributed by atoms with Gasteiger partial charge < -0.3 is 19.7 Å². The summed E-state index contributed by atoms with van der Waals surface area (Å²) in [6.45, 7) is 10.4. The Morgan fingerprint density at radius 2 is 1.70 bits per heavy atom. The Kier molecular flexibility index (Phi) is 8.26. The van der Waals surface area contributed by atoms with E-state index in [4.69, 9.17) is 9.47 Å². The number of ether oxygens (including phenoxy) is 2. The van der Waals surface area contributed by atoms with E-state index in [1.54, 1.807) is 11.8 Å². The Bertz CT molecular complexity index is 721. The van der Waals surface area contributed by atoms with Crippen molar-refractivity contribution < 1.29 is 23.9 Å². The standard InChI is InChI=1S/C23H34N2O5/c1-16(18-9-7-6-8-10-18)15-24-20(26)17(2)29-21(27)19-11-13-25(14-12-19)22(28)30-23(3,4)5/h6-10,16-17,19H,11-15H2,1-5H3,(H,24,26)/t16-,17-/m0/s1. The van der Waals surface area contributed by atoms with Crippen molar-refractivity contribution in [1.82, 2.24) is 10.2 Å². The summed E-state index contributed by atoms with van der Waals surface area (Å²) in [6, 6.07) is 9.92. The first-order valence-electron chi connectivity index (χ1n) is 10.6. The molecule has 1 aromatic rings. The fraction of sp³-hybridized carbons (Fsp3) is 0.609. The van der Waals surface area contributed by atoms with E-state index in [-0.39, 0.29) is 23.8 Å². The number of esters is 1. The smallest absolute Gasteiger partial charge is 0.410 e. The Morgan fingerprint density at radius 1 is 1.10 bits per heavy atom. The third-order valence-electron chi connectivity index (χ3n) is 5.09. The molecule has 1 aliphatic heterocycles. The lowest BCUT2D eigenvalue weighted by Gasteiger charge is -2.32. The molecule has 1 fully saturated rings. The third-order valence-corrected chi connectivity index (χ3v) is 5.09. The van der Waals surface area contributed by atoms with Crippen molar-refractivity contribution in [3.63, 3.8) is 0 Å². The molecule has 0 aliphatic carbocycles. The largest absolute Gasteiger partial charge is 0.452 e. The molecule has 0 aromatic heterocycles. The fourth-order valence-corrected chi connectivity index (χ4v) is 3.25. The van der Waals surface area contributed by atoms with Gasteiger partial charge in [0.2, 0.25) is 0 Å². The Balaban J connectivity index is 1.74. The van der Waals surface area contributed by atoms with Gasteiger partial charge in [-0.25, -0.2) is 4.79 Å². The molecule has 1 aliphatic rings. The van der Waals surface area contributed by atoms with E-state index in [0.717, 1.165) is 5.56 Å². The molecular formula is C23H34N2O5. The zero-order chi connectivity index (χ0) is 22.3. The van der Waals surface area contributed by atoms with Crippen molar-refractivity contribution in [3.8, 4) is 0 Å².